The number of carbonyl (C=O) groups excluding carboxylic acids is 1. The van der Waals surface area contributed by atoms with Gasteiger partial charge in [-0.15, -0.1) is 0 Å². The molecule has 0 aromatic rings. The third kappa shape index (κ3) is 37.9. The maximum Gasteiger partial charge on any atom is 0.306 e. The molecule has 0 amide bonds. The molecule has 0 aliphatic rings. The van der Waals surface area contributed by atoms with Crippen molar-refractivity contribution in [3.63, 3.8) is 0 Å². The number of esters is 1. The zero-order chi connectivity index (χ0) is 34.6. The fourth-order valence-electron chi connectivity index (χ4n) is 7.04. The Balaban J connectivity index is 3.43. The lowest BCUT2D eigenvalue weighted by Crippen LogP contribution is -2.04. The highest BCUT2D eigenvalue weighted by Crippen LogP contribution is 2.22. The first-order chi connectivity index (χ1) is 22.8. The van der Waals surface area contributed by atoms with E-state index in [4.69, 9.17) is 4.74 Å². The van der Waals surface area contributed by atoms with E-state index in [-0.39, 0.29) is 5.97 Å². The van der Waals surface area contributed by atoms with Crippen LogP contribution >= 0.6 is 0 Å². The van der Waals surface area contributed by atoms with E-state index < -0.39 is 0 Å². The zero-order valence-corrected chi connectivity index (χ0v) is 33.5. The molecule has 0 fully saturated rings. The second kappa shape index (κ2) is 36.5. The van der Waals surface area contributed by atoms with E-state index in [1.165, 1.54) is 185 Å². The summed E-state index contributed by atoms with van der Waals surface area (Å²) in [7, 11) is 0. The average Bonchev–Trinajstić information content (AvgIpc) is 3.03. The van der Waals surface area contributed by atoms with Gasteiger partial charge in [0.2, 0.25) is 0 Å². The van der Waals surface area contributed by atoms with E-state index in [1.54, 1.807) is 0 Å². The predicted octanol–water partition coefficient (Wildman–Crippen LogP) is 15.9. The molecule has 2 atom stereocenters. The maximum absolute atomic E-state index is 12.1. The molecule has 0 aromatic heterocycles. The van der Waals surface area contributed by atoms with Crippen LogP contribution in [0.2, 0.25) is 0 Å². The highest BCUT2D eigenvalue weighted by Gasteiger charge is 2.07. The summed E-state index contributed by atoms with van der Waals surface area (Å²) in [6.07, 6.45) is 45.3. The molecule has 0 aliphatic carbocycles. The first-order valence-corrected chi connectivity index (χ1v) is 21.7. The van der Waals surface area contributed by atoms with E-state index in [1.807, 2.05) is 0 Å². The number of hydrogen-bond donors (Lipinski definition) is 0. The summed E-state index contributed by atoms with van der Waals surface area (Å²) in [5.41, 5.74) is 1.37. The van der Waals surface area contributed by atoms with Gasteiger partial charge >= 0.3 is 5.97 Å². The van der Waals surface area contributed by atoms with Gasteiger partial charge in [0.25, 0.3) is 0 Å². The van der Waals surface area contributed by atoms with Crippen molar-refractivity contribution >= 4 is 5.97 Å². The van der Waals surface area contributed by atoms with Crippen LogP contribution in [0, 0.1) is 17.8 Å². The molecule has 0 saturated carbocycles. The molecular formula is C45H88O2. The van der Waals surface area contributed by atoms with Crippen molar-refractivity contribution in [1.29, 1.82) is 0 Å². The van der Waals surface area contributed by atoms with Crippen LogP contribution in [0.1, 0.15) is 247 Å². The second-order valence-electron chi connectivity index (χ2n) is 16.3. The van der Waals surface area contributed by atoms with E-state index >= 15 is 0 Å². The highest BCUT2D eigenvalue weighted by molar-refractivity contribution is 5.69. The predicted molar refractivity (Wildman–Crippen MR) is 211 cm³/mol. The van der Waals surface area contributed by atoms with Gasteiger partial charge in [0.05, 0.1) is 0 Å². The number of unbranched alkanes of at least 4 members (excludes halogenated alkanes) is 21. The van der Waals surface area contributed by atoms with Crippen molar-refractivity contribution in [3.05, 3.63) is 11.6 Å². The van der Waals surface area contributed by atoms with Gasteiger partial charge in [0.1, 0.15) is 6.61 Å². The van der Waals surface area contributed by atoms with Crippen LogP contribution in [-0.2, 0) is 9.53 Å². The fourth-order valence-corrected chi connectivity index (χ4v) is 7.04. The molecule has 2 heteroatoms. The van der Waals surface area contributed by atoms with Crippen molar-refractivity contribution in [3.8, 4) is 0 Å². The number of rotatable bonds is 37. The van der Waals surface area contributed by atoms with Crippen molar-refractivity contribution in [1.82, 2.24) is 0 Å². The molecule has 280 valence electrons. The number of carbonyl (C=O) groups is 1. The Morgan fingerprint density at radius 2 is 0.830 bits per heavy atom. The van der Waals surface area contributed by atoms with Crippen molar-refractivity contribution in [2.75, 3.05) is 6.61 Å². The standard InChI is InChI=1S/C45H88O2/c1-7-8-9-10-11-12-13-14-15-16-17-18-19-20-21-22-23-24-25-26-27-28-38-45(46)47-40-39-44(6)37-31-36-43(5)35-30-34-42(4)33-29-32-41(2)3/h39,41-43H,7-38,40H2,1-6H3/b44-39+/t42-,43-/m1/s1. The van der Waals surface area contributed by atoms with Crippen molar-refractivity contribution < 1.29 is 9.53 Å². The van der Waals surface area contributed by atoms with Crippen molar-refractivity contribution in [2.45, 2.75) is 247 Å². The lowest BCUT2D eigenvalue weighted by Gasteiger charge is -2.15. The lowest BCUT2D eigenvalue weighted by atomic mass is 9.91. The summed E-state index contributed by atoms with van der Waals surface area (Å²) in [5.74, 6) is 2.54. The smallest absolute Gasteiger partial charge is 0.306 e. The molecule has 2 nitrogen and oxygen atoms in total. The second-order valence-corrected chi connectivity index (χ2v) is 16.3. The van der Waals surface area contributed by atoms with E-state index in [0.717, 1.165) is 37.0 Å². The summed E-state index contributed by atoms with van der Waals surface area (Å²) < 4.78 is 5.49. The lowest BCUT2D eigenvalue weighted by molar-refractivity contribution is -0.142. The Morgan fingerprint density at radius 1 is 0.468 bits per heavy atom. The minimum atomic E-state index is -0.0192. The van der Waals surface area contributed by atoms with E-state index in [0.29, 0.717) is 13.0 Å². The Bertz CT molecular complexity index is 665. The monoisotopic (exact) mass is 661 g/mol. The van der Waals surface area contributed by atoms with Crippen LogP contribution in [-0.4, -0.2) is 12.6 Å². The molecule has 0 unspecified atom stereocenters. The van der Waals surface area contributed by atoms with Gasteiger partial charge in [-0.05, 0) is 50.0 Å². The number of allylic oxidation sites excluding steroid dienone is 1. The molecule has 0 spiro atoms. The minimum absolute atomic E-state index is 0.0192. The Labute approximate surface area is 297 Å². The third-order valence-corrected chi connectivity index (χ3v) is 10.6. The molecule has 0 aliphatic heterocycles. The van der Waals surface area contributed by atoms with Crippen molar-refractivity contribution in [2.24, 2.45) is 17.8 Å². The van der Waals surface area contributed by atoms with Gasteiger partial charge in [-0.2, -0.15) is 0 Å². The van der Waals surface area contributed by atoms with E-state index in [2.05, 4.69) is 47.6 Å². The van der Waals surface area contributed by atoms with Crippen LogP contribution in [0.25, 0.3) is 0 Å². The summed E-state index contributed by atoms with van der Waals surface area (Å²) >= 11 is 0. The summed E-state index contributed by atoms with van der Waals surface area (Å²) in [4.78, 5) is 12.1. The molecule has 0 rings (SSSR count). The first-order valence-electron chi connectivity index (χ1n) is 21.7. The van der Waals surface area contributed by atoms with Crippen LogP contribution in [0.15, 0.2) is 11.6 Å². The largest absolute Gasteiger partial charge is 0.461 e. The molecular weight excluding hydrogens is 572 g/mol. The van der Waals surface area contributed by atoms with Crippen LogP contribution in [0.4, 0.5) is 0 Å². The zero-order valence-electron chi connectivity index (χ0n) is 33.5. The molecule has 0 N–H and O–H groups in total. The van der Waals surface area contributed by atoms with Gasteiger partial charge in [-0.25, -0.2) is 0 Å². The molecule has 0 aromatic carbocycles. The Kier molecular flexibility index (Phi) is 35.9. The Morgan fingerprint density at radius 3 is 1.23 bits per heavy atom. The maximum atomic E-state index is 12.1. The van der Waals surface area contributed by atoms with Gasteiger partial charge in [-0.3, -0.25) is 4.79 Å². The normalized spacial score (nSPS) is 13.4. The highest BCUT2D eigenvalue weighted by atomic mass is 16.5. The molecule has 0 radical (unpaired) electrons. The number of ether oxygens (including phenoxy) is 1. The van der Waals surface area contributed by atoms with Crippen LogP contribution in [0.5, 0.6) is 0 Å². The molecule has 0 heterocycles. The molecule has 47 heavy (non-hydrogen) atoms. The Hall–Kier alpha value is -0.790. The minimum Gasteiger partial charge on any atom is -0.461 e. The van der Waals surface area contributed by atoms with Gasteiger partial charge < -0.3 is 4.74 Å². The quantitative estimate of drug-likeness (QED) is 0.0376. The van der Waals surface area contributed by atoms with E-state index in [9.17, 15) is 4.79 Å². The SMILES string of the molecule is CCCCCCCCCCCCCCCCCCCCCCCCC(=O)OC/C=C(\C)CCC[C@H](C)CCC[C@H](C)CCCC(C)C. The first kappa shape index (κ1) is 46.2. The third-order valence-electron chi connectivity index (χ3n) is 10.6. The van der Waals surface area contributed by atoms with Crippen LogP contribution < -0.4 is 0 Å². The summed E-state index contributed by atoms with van der Waals surface area (Å²) in [6, 6.07) is 0. The van der Waals surface area contributed by atoms with Gasteiger partial charge in [0, 0.05) is 6.42 Å². The van der Waals surface area contributed by atoms with Gasteiger partial charge in [0.15, 0.2) is 0 Å². The topological polar surface area (TPSA) is 26.3 Å². The molecule has 0 saturated heterocycles. The fraction of sp³-hybridized carbons (Fsp3) is 0.933. The summed E-state index contributed by atoms with van der Waals surface area (Å²) in [5, 5.41) is 0. The average molecular weight is 661 g/mol. The number of hydrogen-bond acceptors (Lipinski definition) is 2. The molecule has 0 bridgehead atoms. The van der Waals surface area contributed by atoms with Crippen LogP contribution in [0.3, 0.4) is 0 Å². The van der Waals surface area contributed by atoms with Gasteiger partial charge in [-0.1, -0.05) is 220 Å². The summed E-state index contributed by atoms with van der Waals surface area (Å²) in [6.45, 7) is 14.5.